The molecule has 0 aliphatic rings. The highest BCUT2D eigenvalue weighted by molar-refractivity contribution is 5.94. The summed E-state index contributed by atoms with van der Waals surface area (Å²) >= 11 is 0. The van der Waals surface area contributed by atoms with Crippen molar-refractivity contribution in [2.45, 2.75) is 84.0 Å². The summed E-state index contributed by atoms with van der Waals surface area (Å²) in [6.45, 7) is 7.01. The molecule has 0 aromatic heterocycles. The molecule has 0 saturated heterocycles. The standard InChI is InChI=1S/C22H41N7O7/c1-5-12(4)16(23)20(34)28-13(7-6-10-26-22(24)25)18(32)27-14(8-9-15(30)31)19(33)29-17(11(2)3)21(35)36/h11-14,16-17H,5-10,23H2,1-4H3,(H,27,32)(H,28,34)(H,29,33)(H,30,31)(H,35,36)(H4,24,25,26). The predicted molar refractivity (Wildman–Crippen MR) is 132 cm³/mol. The smallest absolute Gasteiger partial charge is 0.326 e. The molecule has 0 spiro atoms. The first-order valence-corrected chi connectivity index (χ1v) is 11.9. The van der Waals surface area contributed by atoms with Gasteiger partial charge in [0.1, 0.15) is 18.1 Å². The van der Waals surface area contributed by atoms with Crippen LogP contribution in [-0.2, 0) is 24.0 Å². The molecule has 206 valence electrons. The van der Waals surface area contributed by atoms with Gasteiger partial charge in [-0.3, -0.25) is 24.2 Å². The van der Waals surface area contributed by atoms with Gasteiger partial charge in [0.2, 0.25) is 17.7 Å². The molecule has 0 rings (SSSR count). The van der Waals surface area contributed by atoms with Crippen LogP contribution >= 0.6 is 0 Å². The van der Waals surface area contributed by atoms with E-state index in [1.807, 2.05) is 6.92 Å². The molecule has 0 heterocycles. The second-order valence-electron chi connectivity index (χ2n) is 8.98. The molecule has 0 fully saturated rings. The summed E-state index contributed by atoms with van der Waals surface area (Å²) in [5.74, 6) is -5.42. The molecule has 0 aromatic rings. The van der Waals surface area contributed by atoms with E-state index < -0.39 is 66.2 Å². The van der Waals surface area contributed by atoms with Gasteiger partial charge in [-0.25, -0.2) is 4.79 Å². The number of carbonyl (C=O) groups excluding carboxylic acids is 3. The van der Waals surface area contributed by atoms with E-state index in [1.165, 1.54) is 0 Å². The van der Waals surface area contributed by atoms with Crippen LogP contribution in [-0.4, -0.2) is 76.5 Å². The van der Waals surface area contributed by atoms with Crippen molar-refractivity contribution >= 4 is 35.6 Å². The van der Waals surface area contributed by atoms with Gasteiger partial charge in [0.15, 0.2) is 5.96 Å². The number of aliphatic imine (C=N–C) groups is 1. The van der Waals surface area contributed by atoms with Crippen molar-refractivity contribution in [2.24, 2.45) is 34.0 Å². The van der Waals surface area contributed by atoms with E-state index >= 15 is 0 Å². The lowest BCUT2D eigenvalue weighted by Crippen LogP contribution is -2.58. The molecule has 0 aliphatic carbocycles. The van der Waals surface area contributed by atoms with E-state index in [0.717, 1.165) is 0 Å². The van der Waals surface area contributed by atoms with Gasteiger partial charge in [0.05, 0.1) is 6.04 Å². The average molecular weight is 516 g/mol. The number of hydrogen-bond acceptors (Lipinski definition) is 7. The van der Waals surface area contributed by atoms with Crippen molar-refractivity contribution in [1.29, 1.82) is 0 Å². The minimum atomic E-state index is -1.35. The number of nitrogens with two attached hydrogens (primary N) is 3. The van der Waals surface area contributed by atoms with Gasteiger partial charge in [0.25, 0.3) is 0 Å². The highest BCUT2D eigenvalue weighted by Gasteiger charge is 2.32. The number of guanidine groups is 1. The van der Waals surface area contributed by atoms with E-state index in [9.17, 15) is 29.1 Å². The maximum Gasteiger partial charge on any atom is 0.326 e. The molecule has 14 heteroatoms. The summed E-state index contributed by atoms with van der Waals surface area (Å²) < 4.78 is 0. The zero-order valence-electron chi connectivity index (χ0n) is 21.3. The number of hydrogen-bond donors (Lipinski definition) is 8. The Morgan fingerprint density at radius 3 is 1.86 bits per heavy atom. The van der Waals surface area contributed by atoms with Gasteiger partial charge < -0.3 is 43.4 Å². The molecule has 5 unspecified atom stereocenters. The van der Waals surface area contributed by atoms with Crippen molar-refractivity contribution in [3.63, 3.8) is 0 Å². The number of carboxylic acid groups (broad SMARTS) is 2. The van der Waals surface area contributed by atoms with E-state index in [4.69, 9.17) is 22.3 Å². The molecule has 36 heavy (non-hydrogen) atoms. The Bertz CT molecular complexity index is 800. The van der Waals surface area contributed by atoms with Crippen LogP contribution < -0.4 is 33.2 Å². The maximum atomic E-state index is 13.1. The third-order valence-corrected chi connectivity index (χ3v) is 5.65. The fraction of sp³-hybridized carbons (Fsp3) is 0.727. The van der Waals surface area contributed by atoms with Crippen molar-refractivity contribution < 1.29 is 34.2 Å². The summed E-state index contributed by atoms with van der Waals surface area (Å²) in [4.78, 5) is 64.9. The first kappa shape index (κ1) is 32.6. The van der Waals surface area contributed by atoms with E-state index in [2.05, 4.69) is 20.9 Å². The van der Waals surface area contributed by atoms with Gasteiger partial charge in [-0.1, -0.05) is 34.1 Å². The Balaban J connectivity index is 5.71. The highest BCUT2D eigenvalue weighted by atomic mass is 16.4. The predicted octanol–water partition coefficient (Wildman–Crippen LogP) is -1.53. The molecule has 0 radical (unpaired) electrons. The zero-order chi connectivity index (χ0) is 28.0. The molecular formula is C22H41N7O7. The molecule has 0 aromatic carbocycles. The molecule has 3 amide bonds. The van der Waals surface area contributed by atoms with Crippen LogP contribution in [0.25, 0.3) is 0 Å². The summed E-state index contributed by atoms with van der Waals surface area (Å²) in [7, 11) is 0. The minimum absolute atomic E-state index is 0.0958. The van der Waals surface area contributed by atoms with Gasteiger partial charge in [0, 0.05) is 13.0 Å². The lowest BCUT2D eigenvalue weighted by Gasteiger charge is -2.26. The van der Waals surface area contributed by atoms with Crippen LogP contribution in [0.3, 0.4) is 0 Å². The van der Waals surface area contributed by atoms with Gasteiger partial charge >= 0.3 is 11.9 Å². The van der Waals surface area contributed by atoms with Crippen molar-refractivity contribution in [2.75, 3.05) is 6.54 Å². The number of carbonyl (C=O) groups is 5. The average Bonchev–Trinajstić information content (AvgIpc) is 2.79. The zero-order valence-corrected chi connectivity index (χ0v) is 21.3. The largest absolute Gasteiger partial charge is 0.481 e. The fourth-order valence-corrected chi connectivity index (χ4v) is 3.13. The fourth-order valence-electron chi connectivity index (χ4n) is 3.13. The monoisotopic (exact) mass is 515 g/mol. The van der Waals surface area contributed by atoms with Crippen molar-refractivity contribution in [3.05, 3.63) is 0 Å². The molecule has 0 aliphatic heterocycles. The molecule has 5 atom stereocenters. The van der Waals surface area contributed by atoms with E-state index in [0.29, 0.717) is 12.8 Å². The number of nitrogens with zero attached hydrogens (tertiary/aromatic N) is 1. The molecule has 14 nitrogen and oxygen atoms in total. The van der Waals surface area contributed by atoms with Crippen molar-refractivity contribution in [1.82, 2.24) is 16.0 Å². The number of aliphatic carboxylic acids is 2. The van der Waals surface area contributed by atoms with Crippen LogP contribution in [0.2, 0.25) is 0 Å². The molecular weight excluding hydrogens is 474 g/mol. The third-order valence-electron chi connectivity index (χ3n) is 5.65. The topological polar surface area (TPSA) is 252 Å². The van der Waals surface area contributed by atoms with Crippen molar-refractivity contribution in [3.8, 4) is 0 Å². The lowest BCUT2D eigenvalue weighted by molar-refractivity contribution is -0.144. The first-order chi connectivity index (χ1) is 16.7. The Morgan fingerprint density at radius 1 is 0.861 bits per heavy atom. The molecule has 0 bridgehead atoms. The van der Waals surface area contributed by atoms with Crippen LogP contribution in [0.5, 0.6) is 0 Å². The number of rotatable bonds is 17. The summed E-state index contributed by atoms with van der Waals surface area (Å²) in [6, 6.07) is -4.60. The normalized spacial score (nSPS) is 15.1. The Morgan fingerprint density at radius 2 is 1.39 bits per heavy atom. The SMILES string of the molecule is CCC(C)C(N)C(=O)NC(CCCN=C(N)N)C(=O)NC(CCC(=O)O)C(=O)NC(C(=O)O)C(C)C. The quantitative estimate of drug-likeness (QED) is 0.0630. The van der Waals surface area contributed by atoms with E-state index in [1.54, 1.807) is 20.8 Å². The summed E-state index contributed by atoms with van der Waals surface area (Å²) in [5.41, 5.74) is 16.6. The Kier molecular flexibility index (Phi) is 14.7. The molecule has 0 saturated carbocycles. The number of nitrogens with one attached hydrogen (secondary N) is 3. The number of amides is 3. The van der Waals surface area contributed by atoms with Crippen LogP contribution in [0.15, 0.2) is 4.99 Å². The second kappa shape index (κ2) is 16.3. The molecule has 11 N–H and O–H groups in total. The van der Waals surface area contributed by atoms with Gasteiger partial charge in [-0.05, 0) is 31.1 Å². The van der Waals surface area contributed by atoms with Gasteiger partial charge in [-0.15, -0.1) is 0 Å². The Hall–Kier alpha value is -3.42. The first-order valence-electron chi connectivity index (χ1n) is 11.9. The van der Waals surface area contributed by atoms with Crippen LogP contribution in [0.1, 0.15) is 59.8 Å². The lowest BCUT2D eigenvalue weighted by atomic mass is 9.98. The summed E-state index contributed by atoms with van der Waals surface area (Å²) in [6.07, 6.45) is 0.276. The summed E-state index contributed by atoms with van der Waals surface area (Å²) in [5, 5.41) is 25.8. The minimum Gasteiger partial charge on any atom is -0.481 e. The van der Waals surface area contributed by atoms with E-state index in [-0.39, 0.29) is 31.3 Å². The van der Waals surface area contributed by atoms with Crippen LogP contribution in [0, 0.1) is 11.8 Å². The van der Waals surface area contributed by atoms with Gasteiger partial charge in [-0.2, -0.15) is 0 Å². The highest BCUT2D eigenvalue weighted by Crippen LogP contribution is 2.09. The third kappa shape index (κ3) is 12.3. The Labute approximate surface area is 210 Å². The maximum absolute atomic E-state index is 13.1. The second-order valence-corrected chi connectivity index (χ2v) is 8.98. The van der Waals surface area contributed by atoms with Crippen LogP contribution in [0.4, 0.5) is 0 Å². The number of carboxylic acids is 2.